The summed E-state index contributed by atoms with van der Waals surface area (Å²) in [6.45, 7) is 6.16. The van der Waals surface area contributed by atoms with Crippen LogP contribution in [0.3, 0.4) is 0 Å². The highest BCUT2D eigenvalue weighted by molar-refractivity contribution is 5.81. The molecule has 0 aromatic carbocycles. The molecule has 0 fully saturated rings. The van der Waals surface area contributed by atoms with E-state index in [2.05, 4.69) is 4.98 Å². The fraction of sp³-hybridized carbons (Fsp3) is 0.538. The van der Waals surface area contributed by atoms with E-state index in [1.165, 1.54) is 0 Å². The van der Waals surface area contributed by atoms with Gasteiger partial charge in [0.25, 0.3) is 0 Å². The Balaban J connectivity index is 2.76. The molecule has 0 bridgehead atoms. The third-order valence-corrected chi connectivity index (χ3v) is 2.96. The quantitative estimate of drug-likeness (QED) is 0.813. The second-order valence-electron chi connectivity index (χ2n) is 4.10. The number of carbonyl (C=O) groups excluding carboxylic acids is 1. The predicted octanol–water partition coefficient (Wildman–Crippen LogP) is 0.845. The molecule has 0 unspecified atom stereocenters. The van der Waals surface area contributed by atoms with Crippen molar-refractivity contribution in [3.8, 4) is 0 Å². The van der Waals surface area contributed by atoms with Gasteiger partial charge in [-0.15, -0.1) is 0 Å². The van der Waals surface area contributed by atoms with Gasteiger partial charge in [-0.25, -0.2) is 0 Å². The second kappa shape index (κ2) is 6.96. The summed E-state index contributed by atoms with van der Waals surface area (Å²) in [7, 11) is 1.89. The molecule has 1 aromatic heterocycles. The van der Waals surface area contributed by atoms with Gasteiger partial charge in [0.05, 0.1) is 17.9 Å². The fourth-order valence-electron chi connectivity index (χ4n) is 1.90. The van der Waals surface area contributed by atoms with Crippen LogP contribution in [0.15, 0.2) is 18.3 Å². The van der Waals surface area contributed by atoms with Gasteiger partial charge in [-0.05, 0) is 26.0 Å². The number of anilines is 1. The fourth-order valence-corrected chi connectivity index (χ4v) is 1.90. The number of rotatable bonds is 6. The number of aromatic nitrogens is 1. The molecule has 0 radical (unpaired) electrons. The molecule has 0 saturated heterocycles. The first kappa shape index (κ1) is 14.4. The van der Waals surface area contributed by atoms with Crippen LogP contribution < -0.4 is 10.6 Å². The molecular formula is C13H22N4O. The zero-order chi connectivity index (χ0) is 13.5. The van der Waals surface area contributed by atoms with E-state index in [1.54, 1.807) is 6.20 Å². The van der Waals surface area contributed by atoms with Crippen LogP contribution >= 0.6 is 0 Å². The Morgan fingerprint density at radius 3 is 2.61 bits per heavy atom. The third-order valence-electron chi connectivity index (χ3n) is 2.96. The SMILES string of the molecule is CCN(CC)C(=O)CN(C)c1cccnc1CN. The van der Waals surface area contributed by atoms with Crippen molar-refractivity contribution in [3.05, 3.63) is 24.0 Å². The summed E-state index contributed by atoms with van der Waals surface area (Å²) in [5, 5.41) is 0. The van der Waals surface area contributed by atoms with Crippen molar-refractivity contribution in [3.63, 3.8) is 0 Å². The molecule has 0 aliphatic rings. The summed E-state index contributed by atoms with van der Waals surface area (Å²) in [6, 6.07) is 3.79. The van der Waals surface area contributed by atoms with E-state index < -0.39 is 0 Å². The molecule has 100 valence electrons. The number of hydrogen-bond acceptors (Lipinski definition) is 4. The van der Waals surface area contributed by atoms with Crippen molar-refractivity contribution in [1.82, 2.24) is 9.88 Å². The standard InChI is InChI=1S/C13H22N4O/c1-4-17(5-2)13(18)10-16(3)12-7-6-8-15-11(12)9-14/h6-8H,4-5,9-10,14H2,1-3H3. The first-order valence-corrected chi connectivity index (χ1v) is 6.26. The van der Waals surface area contributed by atoms with Gasteiger partial charge in [0, 0.05) is 32.9 Å². The van der Waals surface area contributed by atoms with Crippen molar-refractivity contribution >= 4 is 11.6 Å². The van der Waals surface area contributed by atoms with E-state index in [0.29, 0.717) is 13.1 Å². The van der Waals surface area contributed by atoms with E-state index in [0.717, 1.165) is 24.5 Å². The van der Waals surface area contributed by atoms with Crippen molar-refractivity contribution in [2.24, 2.45) is 5.73 Å². The van der Waals surface area contributed by atoms with Gasteiger partial charge in [-0.2, -0.15) is 0 Å². The molecule has 18 heavy (non-hydrogen) atoms. The lowest BCUT2D eigenvalue weighted by atomic mass is 10.2. The van der Waals surface area contributed by atoms with Crippen LogP contribution in [-0.2, 0) is 11.3 Å². The Labute approximate surface area is 109 Å². The van der Waals surface area contributed by atoms with Gasteiger partial charge in [0.15, 0.2) is 0 Å². The number of nitrogens with zero attached hydrogens (tertiary/aromatic N) is 3. The van der Waals surface area contributed by atoms with Crippen LogP contribution in [0.1, 0.15) is 19.5 Å². The van der Waals surface area contributed by atoms with Gasteiger partial charge < -0.3 is 15.5 Å². The topological polar surface area (TPSA) is 62.5 Å². The summed E-state index contributed by atoms with van der Waals surface area (Å²) in [5.41, 5.74) is 7.38. The predicted molar refractivity (Wildman–Crippen MR) is 73.3 cm³/mol. The Morgan fingerprint density at radius 2 is 2.06 bits per heavy atom. The molecule has 0 saturated carbocycles. The van der Waals surface area contributed by atoms with Crippen LogP contribution in [0, 0.1) is 0 Å². The summed E-state index contributed by atoms with van der Waals surface area (Å²) >= 11 is 0. The molecule has 1 amide bonds. The van der Waals surface area contributed by atoms with Crippen LogP contribution in [0.4, 0.5) is 5.69 Å². The first-order valence-electron chi connectivity index (χ1n) is 6.26. The summed E-state index contributed by atoms with van der Waals surface area (Å²) < 4.78 is 0. The Bertz CT molecular complexity index is 390. The maximum absolute atomic E-state index is 12.0. The number of hydrogen-bond donors (Lipinski definition) is 1. The summed E-state index contributed by atoms with van der Waals surface area (Å²) in [5.74, 6) is 0.120. The number of amides is 1. The van der Waals surface area contributed by atoms with Crippen LogP contribution in [0.2, 0.25) is 0 Å². The highest BCUT2D eigenvalue weighted by Crippen LogP contribution is 2.16. The maximum Gasteiger partial charge on any atom is 0.242 e. The lowest BCUT2D eigenvalue weighted by Crippen LogP contribution is -2.39. The van der Waals surface area contributed by atoms with Crippen LogP contribution in [-0.4, -0.2) is 42.5 Å². The van der Waals surface area contributed by atoms with Gasteiger partial charge in [0.1, 0.15) is 0 Å². The Hall–Kier alpha value is -1.62. The third kappa shape index (κ3) is 3.43. The summed E-state index contributed by atoms with van der Waals surface area (Å²) in [4.78, 5) is 20.0. The highest BCUT2D eigenvalue weighted by Gasteiger charge is 2.14. The number of pyridine rings is 1. The molecule has 1 heterocycles. The minimum atomic E-state index is 0.120. The monoisotopic (exact) mass is 250 g/mol. The molecule has 5 nitrogen and oxygen atoms in total. The molecule has 5 heteroatoms. The molecule has 0 spiro atoms. The smallest absolute Gasteiger partial charge is 0.242 e. The zero-order valence-corrected chi connectivity index (χ0v) is 11.4. The number of likely N-dealkylation sites (N-methyl/N-ethyl adjacent to an activating group) is 2. The molecule has 2 N–H and O–H groups in total. The normalized spacial score (nSPS) is 10.2. The van der Waals surface area contributed by atoms with E-state index in [4.69, 9.17) is 5.73 Å². The minimum absolute atomic E-state index is 0.120. The summed E-state index contributed by atoms with van der Waals surface area (Å²) in [6.07, 6.45) is 1.71. The zero-order valence-electron chi connectivity index (χ0n) is 11.4. The maximum atomic E-state index is 12.0. The molecule has 0 atom stereocenters. The van der Waals surface area contributed by atoms with Crippen LogP contribution in [0.25, 0.3) is 0 Å². The first-order chi connectivity index (χ1) is 8.63. The van der Waals surface area contributed by atoms with Gasteiger partial charge >= 0.3 is 0 Å². The molecule has 0 aliphatic heterocycles. The largest absolute Gasteiger partial charge is 0.364 e. The van der Waals surface area contributed by atoms with Crippen LogP contribution in [0.5, 0.6) is 0 Å². The molecule has 1 rings (SSSR count). The van der Waals surface area contributed by atoms with Crippen molar-refractivity contribution in [1.29, 1.82) is 0 Å². The van der Waals surface area contributed by atoms with E-state index in [-0.39, 0.29) is 5.91 Å². The van der Waals surface area contributed by atoms with E-state index in [1.807, 2.05) is 42.8 Å². The van der Waals surface area contributed by atoms with Gasteiger partial charge in [0.2, 0.25) is 5.91 Å². The van der Waals surface area contributed by atoms with E-state index in [9.17, 15) is 4.79 Å². The lowest BCUT2D eigenvalue weighted by molar-refractivity contribution is -0.129. The number of nitrogens with two attached hydrogens (primary N) is 1. The van der Waals surface area contributed by atoms with E-state index >= 15 is 0 Å². The van der Waals surface area contributed by atoms with Gasteiger partial charge in [-0.1, -0.05) is 0 Å². The highest BCUT2D eigenvalue weighted by atomic mass is 16.2. The van der Waals surface area contributed by atoms with Gasteiger partial charge in [-0.3, -0.25) is 9.78 Å². The molecule has 1 aromatic rings. The average Bonchev–Trinajstić information content (AvgIpc) is 2.40. The van der Waals surface area contributed by atoms with Crippen molar-refractivity contribution < 1.29 is 4.79 Å². The minimum Gasteiger partial charge on any atom is -0.364 e. The van der Waals surface area contributed by atoms with Crippen molar-refractivity contribution in [2.75, 3.05) is 31.6 Å². The van der Waals surface area contributed by atoms with Crippen molar-refractivity contribution in [2.45, 2.75) is 20.4 Å². The number of carbonyl (C=O) groups is 1. The molecular weight excluding hydrogens is 228 g/mol. The molecule has 0 aliphatic carbocycles. The average molecular weight is 250 g/mol. The lowest BCUT2D eigenvalue weighted by Gasteiger charge is -2.25. The second-order valence-corrected chi connectivity index (χ2v) is 4.10. The Kier molecular flexibility index (Phi) is 5.58. The Morgan fingerprint density at radius 1 is 1.39 bits per heavy atom.